The molecule has 1 aromatic heterocycles. The third kappa shape index (κ3) is 2.81. The fourth-order valence-corrected chi connectivity index (χ4v) is 3.16. The summed E-state index contributed by atoms with van der Waals surface area (Å²) in [7, 11) is 0. The minimum Gasteiger partial charge on any atom is -0.345 e. The Morgan fingerprint density at radius 1 is 1.26 bits per heavy atom. The molecule has 0 radical (unpaired) electrons. The molecule has 1 aliphatic heterocycles. The van der Waals surface area contributed by atoms with Crippen molar-refractivity contribution >= 4 is 11.7 Å². The van der Waals surface area contributed by atoms with Crippen LogP contribution in [0.5, 0.6) is 0 Å². The van der Waals surface area contributed by atoms with Crippen molar-refractivity contribution in [1.29, 1.82) is 0 Å². The van der Waals surface area contributed by atoms with Crippen molar-refractivity contribution in [3.05, 3.63) is 53.4 Å². The first-order valence-corrected chi connectivity index (χ1v) is 7.70. The zero-order chi connectivity index (χ0) is 16.6. The van der Waals surface area contributed by atoms with Crippen molar-refractivity contribution in [3.8, 4) is 0 Å². The number of nitrogens with one attached hydrogen (secondary N) is 1. The monoisotopic (exact) mass is 319 g/mol. The molecular weight excluding hydrogens is 300 g/mol. The maximum absolute atomic E-state index is 13.7. The zero-order valence-electron chi connectivity index (χ0n) is 13.1. The molecule has 1 aliphatic rings. The van der Waals surface area contributed by atoms with Gasteiger partial charge in [0.15, 0.2) is 0 Å². The standard InChI is InChI=1S/C17H19F2N3O/c1-3-15-16-7-4-11(2)21(16)8-9-22(15)17(23)20-14-6-5-12(18)10-13(14)19/h4-7,10,15H,3,8-9H2,1-2H3,(H,20,23). The second-order valence-corrected chi connectivity index (χ2v) is 5.72. The second kappa shape index (κ2) is 6.02. The van der Waals surface area contributed by atoms with Crippen LogP contribution in [0.25, 0.3) is 0 Å². The van der Waals surface area contributed by atoms with Crippen molar-refractivity contribution in [2.45, 2.75) is 32.9 Å². The number of carbonyl (C=O) groups excluding carboxylic acids is 1. The van der Waals surface area contributed by atoms with Gasteiger partial charge in [0, 0.05) is 30.5 Å². The maximum atomic E-state index is 13.7. The molecule has 2 heterocycles. The first-order valence-electron chi connectivity index (χ1n) is 7.70. The molecule has 3 rings (SSSR count). The quantitative estimate of drug-likeness (QED) is 0.890. The van der Waals surface area contributed by atoms with Gasteiger partial charge >= 0.3 is 6.03 Å². The maximum Gasteiger partial charge on any atom is 0.322 e. The van der Waals surface area contributed by atoms with Crippen LogP contribution in [0, 0.1) is 18.6 Å². The van der Waals surface area contributed by atoms with E-state index in [1.807, 2.05) is 26.0 Å². The summed E-state index contributed by atoms with van der Waals surface area (Å²) in [4.78, 5) is 14.2. The van der Waals surface area contributed by atoms with Crippen molar-refractivity contribution < 1.29 is 13.6 Å². The van der Waals surface area contributed by atoms with Gasteiger partial charge in [-0.15, -0.1) is 0 Å². The van der Waals surface area contributed by atoms with E-state index < -0.39 is 11.6 Å². The van der Waals surface area contributed by atoms with E-state index in [1.165, 1.54) is 11.8 Å². The lowest BCUT2D eigenvalue weighted by molar-refractivity contribution is 0.165. The fourth-order valence-electron chi connectivity index (χ4n) is 3.16. The SMILES string of the molecule is CCC1c2ccc(C)n2CCN1C(=O)Nc1ccc(F)cc1F. The number of anilines is 1. The third-order valence-electron chi connectivity index (χ3n) is 4.34. The number of benzene rings is 1. The lowest BCUT2D eigenvalue weighted by Crippen LogP contribution is -2.44. The zero-order valence-corrected chi connectivity index (χ0v) is 13.1. The lowest BCUT2D eigenvalue weighted by atomic mass is 10.1. The Labute approximate surface area is 133 Å². The van der Waals surface area contributed by atoms with Crippen LogP contribution < -0.4 is 5.32 Å². The number of hydrogen-bond acceptors (Lipinski definition) is 1. The third-order valence-corrected chi connectivity index (χ3v) is 4.34. The number of urea groups is 1. The number of halogens is 2. The van der Waals surface area contributed by atoms with Gasteiger partial charge in [-0.3, -0.25) is 0 Å². The van der Waals surface area contributed by atoms with E-state index in [0.29, 0.717) is 13.1 Å². The van der Waals surface area contributed by atoms with Crippen LogP contribution in [0.2, 0.25) is 0 Å². The van der Waals surface area contributed by atoms with E-state index in [2.05, 4.69) is 9.88 Å². The average molecular weight is 319 g/mol. The molecule has 1 N–H and O–H groups in total. The molecule has 4 nitrogen and oxygen atoms in total. The Bertz CT molecular complexity index is 741. The highest BCUT2D eigenvalue weighted by atomic mass is 19.1. The van der Waals surface area contributed by atoms with Crippen LogP contribution >= 0.6 is 0 Å². The summed E-state index contributed by atoms with van der Waals surface area (Å²) in [5.41, 5.74) is 2.25. The molecule has 23 heavy (non-hydrogen) atoms. The number of nitrogens with zero attached hydrogens (tertiary/aromatic N) is 2. The first-order chi connectivity index (χ1) is 11.0. The summed E-state index contributed by atoms with van der Waals surface area (Å²) < 4.78 is 28.9. The molecule has 0 bridgehead atoms. The number of amides is 2. The highest BCUT2D eigenvalue weighted by Crippen LogP contribution is 2.30. The van der Waals surface area contributed by atoms with Gasteiger partial charge in [-0.2, -0.15) is 0 Å². The molecule has 0 saturated heterocycles. The molecule has 2 amide bonds. The minimum absolute atomic E-state index is 0.0108. The number of carbonyl (C=O) groups is 1. The first kappa shape index (κ1) is 15.5. The summed E-state index contributed by atoms with van der Waals surface area (Å²) in [6, 6.07) is 6.77. The Morgan fingerprint density at radius 2 is 2.04 bits per heavy atom. The Balaban J connectivity index is 1.82. The van der Waals surface area contributed by atoms with Crippen LogP contribution in [-0.2, 0) is 6.54 Å². The summed E-state index contributed by atoms with van der Waals surface area (Å²) >= 11 is 0. The Morgan fingerprint density at radius 3 is 2.74 bits per heavy atom. The molecule has 0 saturated carbocycles. The van der Waals surface area contributed by atoms with Gasteiger partial charge in [0.2, 0.25) is 0 Å². The molecule has 1 aromatic carbocycles. The van der Waals surface area contributed by atoms with Gasteiger partial charge in [-0.25, -0.2) is 13.6 Å². The van der Waals surface area contributed by atoms with Gasteiger partial charge in [-0.05, 0) is 37.6 Å². The topological polar surface area (TPSA) is 37.3 Å². The van der Waals surface area contributed by atoms with E-state index in [9.17, 15) is 13.6 Å². The number of hydrogen-bond donors (Lipinski definition) is 1. The smallest absolute Gasteiger partial charge is 0.322 e. The largest absolute Gasteiger partial charge is 0.345 e. The van der Waals surface area contributed by atoms with E-state index in [-0.39, 0.29) is 17.8 Å². The summed E-state index contributed by atoms with van der Waals surface area (Å²) in [6.07, 6.45) is 0.767. The predicted octanol–water partition coefficient (Wildman–Crippen LogP) is 4.07. The fraction of sp³-hybridized carbons (Fsp3) is 0.353. The van der Waals surface area contributed by atoms with Gasteiger partial charge in [-0.1, -0.05) is 6.92 Å². The molecule has 122 valence electrons. The summed E-state index contributed by atoms with van der Waals surface area (Å²) in [6.45, 7) is 5.32. The summed E-state index contributed by atoms with van der Waals surface area (Å²) in [5, 5.41) is 2.55. The molecule has 1 atom stereocenters. The number of fused-ring (bicyclic) bond motifs is 1. The molecule has 0 aliphatic carbocycles. The molecule has 6 heteroatoms. The van der Waals surface area contributed by atoms with Crippen molar-refractivity contribution in [1.82, 2.24) is 9.47 Å². The average Bonchev–Trinajstić information content (AvgIpc) is 2.90. The van der Waals surface area contributed by atoms with Gasteiger partial charge < -0.3 is 14.8 Å². The van der Waals surface area contributed by atoms with Gasteiger partial charge in [0.05, 0.1) is 11.7 Å². The molecule has 0 spiro atoms. The van der Waals surface area contributed by atoms with Gasteiger partial charge in [0.25, 0.3) is 0 Å². The summed E-state index contributed by atoms with van der Waals surface area (Å²) in [5.74, 6) is -1.44. The van der Waals surface area contributed by atoms with Crippen LogP contribution in [0.4, 0.5) is 19.3 Å². The Hall–Kier alpha value is -2.37. The van der Waals surface area contributed by atoms with E-state index in [1.54, 1.807) is 4.90 Å². The minimum atomic E-state index is -0.775. The van der Waals surface area contributed by atoms with E-state index >= 15 is 0 Å². The van der Waals surface area contributed by atoms with Crippen LogP contribution in [0.15, 0.2) is 30.3 Å². The Kier molecular flexibility index (Phi) is 4.07. The number of aryl methyl sites for hydroxylation is 1. The lowest BCUT2D eigenvalue weighted by Gasteiger charge is -2.37. The molecule has 0 fully saturated rings. The predicted molar refractivity (Wildman–Crippen MR) is 84.3 cm³/mol. The van der Waals surface area contributed by atoms with E-state index in [4.69, 9.17) is 0 Å². The van der Waals surface area contributed by atoms with Crippen molar-refractivity contribution in [3.63, 3.8) is 0 Å². The molecule has 2 aromatic rings. The number of rotatable bonds is 2. The number of aromatic nitrogens is 1. The van der Waals surface area contributed by atoms with E-state index in [0.717, 1.165) is 24.2 Å². The van der Waals surface area contributed by atoms with Crippen LogP contribution in [0.1, 0.15) is 30.8 Å². The van der Waals surface area contributed by atoms with Gasteiger partial charge in [0.1, 0.15) is 11.6 Å². The second-order valence-electron chi connectivity index (χ2n) is 5.72. The van der Waals surface area contributed by atoms with Crippen LogP contribution in [0.3, 0.4) is 0 Å². The van der Waals surface area contributed by atoms with Crippen molar-refractivity contribution in [2.75, 3.05) is 11.9 Å². The van der Waals surface area contributed by atoms with Crippen LogP contribution in [-0.4, -0.2) is 22.0 Å². The van der Waals surface area contributed by atoms with Crippen molar-refractivity contribution in [2.24, 2.45) is 0 Å². The normalized spacial score (nSPS) is 17.0. The molecule has 1 unspecified atom stereocenters. The highest BCUT2D eigenvalue weighted by Gasteiger charge is 2.30. The molecular formula is C17H19F2N3O. The highest BCUT2D eigenvalue weighted by molar-refractivity contribution is 5.89.